The number of carbonyl (C=O) groups excluding carboxylic acids is 2. The minimum atomic E-state index is -1.17. The van der Waals surface area contributed by atoms with Gasteiger partial charge in [-0.05, 0) is 50.7 Å². The topological polar surface area (TPSA) is 137 Å². The number of benzene rings is 1. The van der Waals surface area contributed by atoms with E-state index in [9.17, 15) is 14.4 Å². The SMILES string of the molecule is CNC(=O)[C@@H]1CCCN1c1ccc(C(=NCC(=O)O)NC(=O)[C@H](C)N)c(C2CCCCC2)c1F.Cl. The Morgan fingerprint density at radius 3 is 2.49 bits per heavy atom. The van der Waals surface area contributed by atoms with E-state index in [4.69, 9.17) is 10.8 Å². The summed E-state index contributed by atoms with van der Waals surface area (Å²) in [4.78, 5) is 41.8. The fourth-order valence-corrected chi connectivity index (χ4v) is 4.86. The van der Waals surface area contributed by atoms with E-state index in [1.165, 1.54) is 6.92 Å². The van der Waals surface area contributed by atoms with Gasteiger partial charge in [0.2, 0.25) is 11.8 Å². The third-order valence-electron chi connectivity index (χ3n) is 6.57. The molecule has 1 heterocycles. The molecule has 1 aliphatic heterocycles. The number of hydrogen-bond acceptors (Lipinski definition) is 6. The number of carboxylic acids is 1. The third-order valence-corrected chi connectivity index (χ3v) is 6.57. The van der Waals surface area contributed by atoms with Gasteiger partial charge in [-0.3, -0.25) is 19.4 Å². The molecule has 2 amide bonds. The molecule has 0 unspecified atom stereocenters. The summed E-state index contributed by atoms with van der Waals surface area (Å²) < 4.78 is 16.3. The molecular weight excluding hydrogens is 477 g/mol. The average molecular weight is 512 g/mol. The molecule has 9 nitrogen and oxygen atoms in total. The van der Waals surface area contributed by atoms with Gasteiger partial charge in [0.1, 0.15) is 18.4 Å². The monoisotopic (exact) mass is 511 g/mol. The van der Waals surface area contributed by atoms with E-state index in [2.05, 4.69) is 15.6 Å². The zero-order valence-corrected chi connectivity index (χ0v) is 21.0. The highest BCUT2D eigenvalue weighted by Gasteiger charge is 2.34. The molecule has 2 fully saturated rings. The number of carbonyl (C=O) groups is 3. The normalized spacial score (nSPS) is 19.6. The minimum Gasteiger partial charge on any atom is -0.480 e. The predicted molar refractivity (Wildman–Crippen MR) is 135 cm³/mol. The average Bonchev–Trinajstić information content (AvgIpc) is 3.30. The molecule has 2 atom stereocenters. The van der Waals surface area contributed by atoms with Crippen molar-refractivity contribution in [1.82, 2.24) is 10.6 Å². The summed E-state index contributed by atoms with van der Waals surface area (Å²) in [5.74, 6) is -2.42. The second-order valence-corrected chi connectivity index (χ2v) is 9.00. The van der Waals surface area contributed by atoms with Crippen LogP contribution in [0.1, 0.15) is 68.9 Å². The number of carboxylic acid groups (broad SMARTS) is 1. The zero-order chi connectivity index (χ0) is 24.8. The maximum Gasteiger partial charge on any atom is 0.325 e. The highest BCUT2D eigenvalue weighted by molar-refractivity contribution is 6.10. The number of nitrogens with two attached hydrogens (primary N) is 1. The van der Waals surface area contributed by atoms with Crippen LogP contribution in [0.2, 0.25) is 0 Å². The largest absolute Gasteiger partial charge is 0.480 e. The van der Waals surface area contributed by atoms with Crippen molar-refractivity contribution in [2.24, 2.45) is 10.7 Å². The van der Waals surface area contributed by atoms with Gasteiger partial charge < -0.3 is 26.4 Å². The lowest BCUT2D eigenvalue weighted by Crippen LogP contribution is -2.43. The Morgan fingerprint density at radius 1 is 1.20 bits per heavy atom. The van der Waals surface area contributed by atoms with Gasteiger partial charge in [-0.1, -0.05) is 19.3 Å². The number of nitrogens with zero attached hydrogens (tertiary/aromatic N) is 2. The van der Waals surface area contributed by atoms with E-state index in [1.54, 1.807) is 24.1 Å². The molecule has 2 aliphatic rings. The van der Waals surface area contributed by atoms with Crippen molar-refractivity contribution < 1.29 is 23.9 Å². The molecule has 1 aromatic rings. The van der Waals surface area contributed by atoms with E-state index in [0.717, 1.165) is 38.5 Å². The molecule has 0 radical (unpaired) electrons. The van der Waals surface area contributed by atoms with Gasteiger partial charge in [0.05, 0.1) is 11.7 Å². The van der Waals surface area contributed by atoms with Crippen molar-refractivity contribution >= 4 is 41.7 Å². The van der Waals surface area contributed by atoms with Crippen molar-refractivity contribution in [1.29, 1.82) is 0 Å². The Kier molecular flexibility index (Phi) is 10.5. The molecule has 3 rings (SSSR count). The molecule has 0 aromatic heterocycles. The van der Waals surface area contributed by atoms with Crippen molar-refractivity contribution in [2.45, 2.75) is 69.9 Å². The van der Waals surface area contributed by atoms with Crippen LogP contribution in [0.25, 0.3) is 0 Å². The second-order valence-electron chi connectivity index (χ2n) is 9.00. The van der Waals surface area contributed by atoms with Crippen LogP contribution in [-0.4, -0.2) is 60.9 Å². The van der Waals surface area contributed by atoms with Crippen molar-refractivity contribution in [3.63, 3.8) is 0 Å². The summed E-state index contributed by atoms with van der Waals surface area (Å²) in [5.41, 5.74) is 6.80. The van der Waals surface area contributed by atoms with Gasteiger partial charge in [0.15, 0.2) is 5.82 Å². The first-order valence-electron chi connectivity index (χ1n) is 11.9. The first-order valence-corrected chi connectivity index (χ1v) is 11.9. The molecule has 5 N–H and O–H groups in total. The van der Waals surface area contributed by atoms with Crippen LogP contribution in [0.3, 0.4) is 0 Å². The van der Waals surface area contributed by atoms with E-state index < -0.39 is 36.3 Å². The van der Waals surface area contributed by atoms with Crippen molar-refractivity contribution in [3.05, 3.63) is 29.1 Å². The maximum atomic E-state index is 16.3. The Hall–Kier alpha value is -2.72. The smallest absolute Gasteiger partial charge is 0.325 e. The Bertz CT molecular complexity index is 965. The Balaban J connectivity index is 0.00000432. The number of nitrogens with one attached hydrogen (secondary N) is 2. The summed E-state index contributed by atoms with van der Waals surface area (Å²) in [6, 6.07) is 1.95. The molecule has 1 saturated carbocycles. The molecular formula is C24H35ClFN5O4. The highest BCUT2D eigenvalue weighted by atomic mass is 35.5. The van der Waals surface area contributed by atoms with Crippen LogP contribution < -0.4 is 21.3 Å². The predicted octanol–water partition coefficient (Wildman–Crippen LogP) is 2.30. The number of halogens is 2. The lowest BCUT2D eigenvalue weighted by molar-refractivity contribution is -0.135. The highest BCUT2D eigenvalue weighted by Crippen LogP contribution is 2.40. The first kappa shape index (κ1) is 28.5. The van der Waals surface area contributed by atoms with Crippen LogP contribution in [0.15, 0.2) is 17.1 Å². The molecule has 194 valence electrons. The number of aliphatic carboxylic acids is 1. The van der Waals surface area contributed by atoms with Crippen molar-refractivity contribution in [3.8, 4) is 0 Å². The number of hydrogen-bond donors (Lipinski definition) is 4. The number of amidine groups is 1. The fourth-order valence-electron chi connectivity index (χ4n) is 4.86. The molecule has 1 aliphatic carbocycles. The molecule has 0 spiro atoms. The maximum absolute atomic E-state index is 16.3. The van der Waals surface area contributed by atoms with E-state index in [0.29, 0.717) is 29.8 Å². The number of anilines is 1. The van der Waals surface area contributed by atoms with Gasteiger partial charge in [0, 0.05) is 24.7 Å². The zero-order valence-electron chi connectivity index (χ0n) is 20.2. The summed E-state index contributed by atoms with van der Waals surface area (Å²) in [6.45, 7) is 1.48. The molecule has 11 heteroatoms. The first-order chi connectivity index (χ1) is 16.2. The Morgan fingerprint density at radius 2 is 1.89 bits per heavy atom. The summed E-state index contributed by atoms with van der Waals surface area (Å²) in [7, 11) is 1.57. The molecule has 1 aromatic carbocycles. The van der Waals surface area contributed by atoms with Crippen LogP contribution in [0, 0.1) is 5.82 Å². The molecule has 0 bridgehead atoms. The number of aliphatic imine (C=N–C) groups is 1. The summed E-state index contributed by atoms with van der Waals surface area (Å²) >= 11 is 0. The lowest BCUT2D eigenvalue weighted by Gasteiger charge is -2.30. The Labute approximate surface area is 211 Å². The fraction of sp³-hybridized carbons (Fsp3) is 0.583. The van der Waals surface area contributed by atoms with Crippen LogP contribution >= 0.6 is 12.4 Å². The van der Waals surface area contributed by atoms with Gasteiger partial charge in [-0.25, -0.2) is 4.39 Å². The lowest BCUT2D eigenvalue weighted by atomic mass is 9.81. The van der Waals surface area contributed by atoms with Crippen LogP contribution in [0.4, 0.5) is 10.1 Å². The third kappa shape index (κ3) is 6.70. The number of likely N-dealkylation sites (N-methyl/N-ethyl adjacent to an activating group) is 1. The van der Waals surface area contributed by atoms with Crippen LogP contribution in [-0.2, 0) is 14.4 Å². The standard InChI is InChI=1S/C24H34FN5O4.ClH/c1-14(26)23(33)29-22(28-13-19(31)32)16-10-11-17(30-12-6-9-18(30)24(34)27-2)21(25)20(16)15-7-4-3-5-8-15;/h10-11,14-15,18H,3-9,12-13,26H2,1-2H3,(H,27,34)(H,31,32)(H,28,29,33);1H/t14-,18-;/m0./s1. The van der Waals surface area contributed by atoms with E-state index in [-0.39, 0.29) is 30.1 Å². The van der Waals surface area contributed by atoms with Gasteiger partial charge in [-0.2, -0.15) is 0 Å². The van der Waals surface area contributed by atoms with Gasteiger partial charge in [-0.15, -0.1) is 12.4 Å². The minimum absolute atomic E-state index is 0. The quantitative estimate of drug-likeness (QED) is 0.327. The summed E-state index contributed by atoms with van der Waals surface area (Å²) in [6.07, 6.45) is 5.93. The van der Waals surface area contributed by atoms with Gasteiger partial charge >= 0.3 is 5.97 Å². The number of amides is 2. The van der Waals surface area contributed by atoms with E-state index in [1.807, 2.05) is 0 Å². The van der Waals surface area contributed by atoms with Gasteiger partial charge in [0.25, 0.3) is 0 Å². The molecule has 35 heavy (non-hydrogen) atoms. The van der Waals surface area contributed by atoms with E-state index >= 15 is 4.39 Å². The second kappa shape index (κ2) is 12.8. The molecule has 1 saturated heterocycles. The van der Waals surface area contributed by atoms with Crippen molar-refractivity contribution in [2.75, 3.05) is 25.0 Å². The number of rotatable bonds is 7. The summed E-state index contributed by atoms with van der Waals surface area (Å²) in [5, 5.41) is 14.4. The van der Waals surface area contributed by atoms with Crippen LogP contribution in [0.5, 0.6) is 0 Å².